The van der Waals surface area contributed by atoms with Gasteiger partial charge in [0.1, 0.15) is 0 Å². The number of benzene rings is 2. The summed E-state index contributed by atoms with van der Waals surface area (Å²) in [5.74, 6) is 0.710. The van der Waals surface area contributed by atoms with Gasteiger partial charge in [0.15, 0.2) is 16.7 Å². The van der Waals surface area contributed by atoms with Gasteiger partial charge >= 0.3 is 0 Å². The predicted molar refractivity (Wildman–Crippen MR) is 131 cm³/mol. The van der Waals surface area contributed by atoms with Crippen LogP contribution in [0.3, 0.4) is 0 Å². The molecule has 0 saturated heterocycles. The van der Waals surface area contributed by atoms with Gasteiger partial charge in [0, 0.05) is 11.8 Å². The van der Waals surface area contributed by atoms with Crippen molar-refractivity contribution < 1.29 is 19.4 Å². The van der Waals surface area contributed by atoms with E-state index < -0.39 is 6.04 Å². The van der Waals surface area contributed by atoms with E-state index in [1.807, 2.05) is 39.0 Å². The topological polar surface area (TPSA) is 103 Å². The van der Waals surface area contributed by atoms with Crippen LogP contribution >= 0.6 is 11.8 Å². The number of rotatable bonds is 9. The number of hydrogen-bond donors (Lipinski definition) is 2. The molecular formula is C24H29N3O5S. The highest BCUT2D eigenvalue weighted by atomic mass is 32.2. The average Bonchev–Trinajstić information content (AvgIpc) is 2.81. The maximum absolute atomic E-state index is 13.4. The van der Waals surface area contributed by atoms with Crippen LogP contribution in [0.15, 0.2) is 40.3 Å². The summed E-state index contributed by atoms with van der Waals surface area (Å²) < 4.78 is 12.1. The third-order valence-electron chi connectivity index (χ3n) is 5.54. The normalized spacial score (nSPS) is 11.9. The minimum Gasteiger partial charge on any atom is -0.493 e. The number of methoxy groups -OCH3 is 2. The van der Waals surface area contributed by atoms with E-state index in [0.717, 1.165) is 22.9 Å². The second kappa shape index (κ2) is 10.7. The average molecular weight is 472 g/mol. The van der Waals surface area contributed by atoms with E-state index in [1.165, 1.54) is 18.8 Å². The molecule has 1 heterocycles. The molecule has 33 heavy (non-hydrogen) atoms. The lowest BCUT2D eigenvalue weighted by Crippen LogP contribution is -2.29. The number of nitrogens with one attached hydrogen (secondary N) is 1. The Bertz CT molecular complexity index is 1220. The molecule has 0 bridgehead atoms. The summed E-state index contributed by atoms with van der Waals surface area (Å²) in [6.45, 7) is 5.66. The zero-order chi connectivity index (χ0) is 24.1. The van der Waals surface area contributed by atoms with E-state index in [4.69, 9.17) is 9.47 Å². The number of aromatic nitrogens is 2. The van der Waals surface area contributed by atoms with E-state index >= 15 is 0 Å². The second-order valence-corrected chi connectivity index (χ2v) is 8.62. The first-order valence-electron chi connectivity index (χ1n) is 10.6. The molecule has 1 amide bonds. The van der Waals surface area contributed by atoms with Crippen molar-refractivity contribution in [2.45, 2.75) is 38.4 Å². The number of thioether (sulfide) groups is 1. The summed E-state index contributed by atoms with van der Waals surface area (Å²) in [6.07, 6.45) is 0.527. The van der Waals surface area contributed by atoms with Crippen molar-refractivity contribution in [3.05, 3.63) is 51.8 Å². The van der Waals surface area contributed by atoms with E-state index in [9.17, 15) is 14.7 Å². The standard InChI is InChI=1S/C24H29N3O5S/c1-6-17(12-28)27-23(30)18-10-20(31-4)21(32-5)11-19(18)26-24(27)33-13-22(29)25-16-8-7-14(2)15(3)9-16/h7-11,17,28H,6,12-13H2,1-5H3,(H,25,29)/t17-/m1/s1. The molecule has 0 fully saturated rings. The van der Waals surface area contributed by atoms with Gasteiger partial charge in [-0.3, -0.25) is 14.2 Å². The molecular weight excluding hydrogens is 442 g/mol. The largest absolute Gasteiger partial charge is 0.493 e. The Morgan fingerprint density at radius 3 is 2.45 bits per heavy atom. The number of carbonyl (C=O) groups excluding carboxylic acids is 1. The molecule has 1 aromatic heterocycles. The van der Waals surface area contributed by atoms with E-state index in [-0.39, 0.29) is 23.8 Å². The molecule has 0 aliphatic heterocycles. The van der Waals surface area contributed by atoms with Gasteiger partial charge in [0.2, 0.25) is 5.91 Å². The molecule has 0 saturated carbocycles. The lowest BCUT2D eigenvalue weighted by atomic mass is 10.1. The Kier molecular flexibility index (Phi) is 7.99. The van der Waals surface area contributed by atoms with Crippen LogP contribution in [0.25, 0.3) is 10.9 Å². The summed E-state index contributed by atoms with van der Waals surface area (Å²) in [5, 5.41) is 13.5. The van der Waals surface area contributed by atoms with Crippen LogP contribution in [0.5, 0.6) is 11.5 Å². The first-order chi connectivity index (χ1) is 15.8. The molecule has 0 aliphatic carbocycles. The number of hydrogen-bond acceptors (Lipinski definition) is 7. The molecule has 0 spiro atoms. The number of carbonyl (C=O) groups is 1. The third kappa shape index (κ3) is 5.31. The van der Waals surface area contributed by atoms with Crippen LogP contribution in [0.1, 0.15) is 30.5 Å². The number of nitrogens with zero attached hydrogens (tertiary/aromatic N) is 2. The van der Waals surface area contributed by atoms with Gasteiger partial charge in [-0.15, -0.1) is 0 Å². The Morgan fingerprint density at radius 2 is 1.85 bits per heavy atom. The summed E-state index contributed by atoms with van der Waals surface area (Å²) in [6, 6.07) is 8.49. The number of aliphatic hydroxyl groups excluding tert-OH is 1. The number of aliphatic hydroxyl groups is 1. The molecule has 0 radical (unpaired) electrons. The molecule has 9 heteroatoms. The molecule has 2 N–H and O–H groups in total. The molecule has 176 valence electrons. The number of anilines is 1. The predicted octanol–water partition coefficient (Wildman–Crippen LogP) is 3.70. The van der Waals surface area contributed by atoms with Crippen molar-refractivity contribution in [3.8, 4) is 11.5 Å². The SMILES string of the molecule is CC[C@H](CO)n1c(SCC(=O)Nc2ccc(C)c(C)c2)nc2cc(OC)c(OC)cc2c1=O. The summed E-state index contributed by atoms with van der Waals surface area (Å²) in [4.78, 5) is 30.6. The molecule has 3 rings (SSSR count). The van der Waals surface area contributed by atoms with Crippen LogP contribution in [0.2, 0.25) is 0 Å². The quantitative estimate of drug-likeness (QED) is 0.362. The smallest absolute Gasteiger partial charge is 0.262 e. The van der Waals surface area contributed by atoms with E-state index in [1.54, 1.807) is 12.1 Å². The molecule has 8 nitrogen and oxygen atoms in total. The Morgan fingerprint density at radius 1 is 1.15 bits per heavy atom. The van der Waals surface area contributed by atoms with Crippen LogP contribution in [-0.2, 0) is 4.79 Å². The van der Waals surface area contributed by atoms with Gasteiger partial charge in [-0.1, -0.05) is 24.8 Å². The summed E-state index contributed by atoms with van der Waals surface area (Å²) >= 11 is 1.15. The van der Waals surface area contributed by atoms with Crippen molar-refractivity contribution in [2.24, 2.45) is 0 Å². The lowest BCUT2D eigenvalue weighted by molar-refractivity contribution is -0.113. The fourth-order valence-electron chi connectivity index (χ4n) is 3.47. The van der Waals surface area contributed by atoms with Crippen LogP contribution in [0, 0.1) is 13.8 Å². The molecule has 1 atom stereocenters. The first-order valence-corrected chi connectivity index (χ1v) is 11.6. The van der Waals surface area contributed by atoms with Crippen LogP contribution in [-0.4, -0.2) is 47.1 Å². The number of fused-ring (bicyclic) bond motifs is 1. The van der Waals surface area contributed by atoms with E-state index in [0.29, 0.717) is 39.7 Å². The van der Waals surface area contributed by atoms with Gasteiger partial charge in [0.25, 0.3) is 5.56 Å². The Labute approximate surface area is 196 Å². The second-order valence-electron chi connectivity index (χ2n) is 7.67. The first kappa shape index (κ1) is 24.6. The van der Waals surface area contributed by atoms with Crippen molar-refractivity contribution in [1.82, 2.24) is 9.55 Å². The zero-order valence-electron chi connectivity index (χ0n) is 19.5. The zero-order valence-corrected chi connectivity index (χ0v) is 20.3. The Hall–Kier alpha value is -3.04. The fourth-order valence-corrected chi connectivity index (χ4v) is 4.34. The highest BCUT2D eigenvalue weighted by Gasteiger charge is 2.21. The Balaban J connectivity index is 1.97. The molecule has 0 unspecified atom stereocenters. The minimum absolute atomic E-state index is 0.0556. The molecule has 3 aromatic rings. The summed E-state index contributed by atoms with van der Waals surface area (Å²) in [5.41, 5.74) is 3.07. The summed E-state index contributed by atoms with van der Waals surface area (Å²) in [7, 11) is 3.01. The van der Waals surface area contributed by atoms with Gasteiger partial charge in [0.05, 0.1) is 43.5 Å². The van der Waals surface area contributed by atoms with Crippen molar-refractivity contribution >= 4 is 34.3 Å². The van der Waals surface area contributed by atoms with Crippen molar-refractivity contribution in [3.63, 3.8) is 0 Å². The maximum atomic E-state index is 13.4. The number of amides is 1. The minimum atomic E-state index is -0.465. The highest BCUT2D eigenvalue weighted by molar-refractivity contribution is 7.99. The van der Waals surface area contributed by atoms with Gasteiger partial charge in [-0.05, 0) is 49.6 Å². The van der Waals surface area contributed by atoms with Gasteiger partial charge in [-0.25, -0.2) is 4.98 Å². The monoisotopic (exact) mass is 471 g/mol. The van der Waals surface area contributed by atoms with E-state index in [2.05, 4.69) is 10.3 Å². The van der Waals surface area contributed by atoms with Crippen molar-refractivity contribution in [2.75, 3.05) is 31.9 Å². The highest BCUT2D eigenvalue weighted by Crippen LogP contribution is 2.32. The van der Waals surface area contributed by atoms with Crippen LogP contribution in [0.4, 0.5) is 5.69 Å². The van der Waals surface area contributed by atoms with Gasteiger partial charge < -0.3 is 19.9 Å². The number of ether oxygens (including phenoxy) is 2. The maximum Gasteiger partial charge on any atom is 0.262 e. The molecule has 2 aromatic carbocycles. The third-order valence-corrected chi connectivity index (χ3v) is 6.50. The fraction of sp³-hybridized carbons (Fsp3) is 0.375. The van der Waals surface area contributed by atoms with Crippen LogP contribution < -0.4 is 20.3 Å². The lowest BCUT2D eigenvalue weighted by Gasteiger charge is -2.20. The molecule has 0 aliphatic rings. The number of aryl methyl sites for hydroxylation is 2. The van der Waals surface area contributed by atoms with Crippen molar-refractivity contribution in [1.29, 1.82) is 0 Å². The van der Waals surface area contributed by atoms with Gasteiger partial charge in [-0.2, -0.15) is 0 Å².